The van der Waals surface area contributed by atoms with Gasteiger partial charge in [0.2, 0.25) is 0 Å². The summed E-state index contributed by atoms with van der Waals surface area (Å²) in [7, 11) is 0. The molecule has 0 fully saturated rings. The van der Waals surface area contributed by atoms with Crippen LogP contribution in [-0.2, 0) is 5.41 Å². The normalized spacial score (nSPS) is 11.5. The van der Waals surface area contributed by atoms with Gasteiger partial charge < -0.3 is 9.47 Å². The largest absolute Gasteiger partial charge is 0.479 e. The topological polar surface area (TPSA) is 18.5 Å². The van der Waals surface area contributed by atoms with Crippen LogP contribution in [0.2, 0.25) is 20.1 Å². The highest BCUT2D eigenvalue weighted by molar-refractivity contribution is 9.09. The lowest BCUT2D eigenvalue weighted by molar-refractivity contribution is 0.397. The molecule has 0 aliphatic carbocycles. The SMILES string of the molecule is CC(C)(c1cc(Cl)c(OCBr)c(Cl)c1)c1cc(Cl)c(OCBr)c(Cl)c1. The Bertz CT molecular complexity index is 672. The van der Waals surface area contributed by atoms with E-state index in [-0.39, 0.29) is 0 Å². The zero-order chi connectivity index (χ0) is 18.8. The number of rotatable bonds is 6. The quantitative estimate of drug-likeness (QED) is 0.338. The number of halogens is 6. The molecule has 0 aliphatic rings. The van der Waals surface area contributed by atoms with Crippen LogP contribution < -0.4 is 9.47 Å². The Morgan fingerprint density at radius 2 is 1.00 bits per heavy atom. The Morgan fingerprint density at radius 3 is 1.24 bits per heavy atom. The second-order valence-corrected chi connectivity index (χ2v) is 8.21. The van der Waals surface area contributed by atoms with E-state index in [1.165, 1.54) is 0 Å². The van der Waals surface area contributed by atoms with Gasteiger partial charge in [0.1, 0.15) is 11.0 Å². The Hall–Kier alpha value is 0.160. The monoisotopic (exact) mass is 548 g/mol. The first-order valence-corrected chi connectivity index (χ1v) is 10.8. The van der Waals surface area contributed by atoms with Crippen molar-refractivity contribution in [1.29, 1.82) is 0 Å². The maximum absolute atomic E-state index is 6.33. The third kappa shape index (κ3) is 4.72. The summed E-state index contributed by atoms with van der Waals surface area (Å²) in [5.74, 6) is 0.883. The Kier molecular flexibility index (Phi) is 7.64. The molecule has 2 nitrogen and oxygen atoms in total. The van der Waals surface area contributed by atoms with E-state index < -0.39 is 5.41 Å². The third-order valence-corrected chi connectivity index (χ3v) is 5.42. The molecule has 0 aliphatic heterocycles. The molecule has 0 aromatic heterocycles. The Morgan fingerprint density at radius 1 is 0.720 bits per heavy atom. The third-order valence-electron chi connectivity index (χ3n) is 3.84. The smallest absolute Gasteiger partial charge is 0.157 e. The molecule has 0 unspecified atom stereocenters. The molecule has 2 aromatic rings. The standard InChI is InChI=1S/C17H14Br2Cl4O2/c1-17(2,9-3-11(20)15(24-7-18)12(21)4-9)10-5-13(22)16(25-8-19)14(23)6-10/h3-6H,7-8H2,1-2H3. The molecule has 25 heavy (non-hydrogen) atoms. The van der Waals surface area contributed by atoms with Crippen LogP contribution >= 0.6 is 78.3 Å². The van der Waals surface area contributed by atoms with Crippen LogP contribution in [-0.4, -0.2) is 11.0 Å². The van der Waals surface area contributed by atoms with E-state index in [0.29, 0.717) is 42.6 Å². The van der Waals surface area contributed by atoms with Gasteiger partial charge in [-0.15, -0.1) is 0 Å². The first-order valence-electron chi connectivity index (χ1n) is 7.09. The molecule has 0 N–H and O–H groups in total. The molecule has 0 bridgehead atoms. The van der Waals surface area contributed by atoms with Gasteiger partial charge in [0.05, 0.1) is 20.1 Å². The molecule has 0 saturated carbocycles. The van der Waals surface area contributed by atoms with Gasteiger partial charge in [0.15, 0.2) is 11.5 Å². The fourth-order valence-electron chi connectivity index (χ4n) is 2.39. The second kappa shape index (κ2) is 8.90. The molecule has 0 atom stereocenters. The van der Waals surface area contributed by atoms with Gasteiger partial charge in [0.25, 0.3) is 0 Å². The summed E-state index contributed by atoms with van der Waals surface area (Å²) in [5, 5.41) is 1.75. The van der Waals surface area contributed by atoms with Crippen molar-refractivity contribution in [2.24, 2.45) is 0 Å². The highest BCUT2D eigenvalue weighted by Gasteiger charge is 2.27. The molecular formula is C17H14Br2Cl4O2. The van der Waals surface area contributed by atoms with Crippen molar-refractivity contribution in [1.82, 2.24) is 0 Å². The number of ether oxygens (including phenoxy) is 2. The molecular weight excluding hydrogens is 538 g/mol. The number of hydrogen-bond acceptors (Lipinski definition) is 2. The molecule has 2 rings (SSSR count). The Balaban J connectivity index is 2.52. The van der Waals surface area contributed by atoms with E-state index in [1.807, 2.05) is 38.1 Å². The number of hydrogen-bond donors (Lipinski definition) is 0. The van der Waals surface area contributed by atoms with Gasteiger partial charge >= 0.3 is 0 Å². The van der Waals surface area contributed by atoms with Crippen molar-refractivity contribution in [3.8, 4) is 11.5 Å². The van der Waals surface area contributed by atoms with Crippen LogP contribution in [0.5, 0.6) is 11.5 Å². The van der Waals surface area contributed by atoms with Crippen LogP contribution in [0.4, 0.5) is 0 Å². The highest BCUT2D eigenvalue weighted by atomic mass is 79.9. The molecule has 0 heterocycles. The molecule has 136 valence electrons. The fourth-order valence-corrected chi connectivity index (χ4v) is 4.04. The summed E-state index contributed by atoms with van der Waals surface area (Å²) in [6.45, 7) is 4.07. The van der Waals surface area contributed by atoms with E-state index >= 15 is 0 Å². The van der Waals surface area contributed by atoms with Gasteiger partial charge in [-0.2, -0.15) is 0 Å². The number of benzene rings is 2. The van der Waals surface area contributed by atoms with Crippen LogP contribution in [0.25, 0.3) is 0 Å². The van der Waals surface area contributed by atoms with Gasteiger partial charge in [-0.05, 0) is 67.3 Å². The van der Waals surface area contributed by atoms with Crippen molar-refractivity contribution in [3.63, 3.8) is 0 Å². The maximum Gasteiger partial charge on any atom is 0.157 e. The summed E-state index contributed by atoms with van der Waals surface area (Å²) < 4.78 is 10.8. The minimum Gasteiger partial charge on any atom is -0.479 e. The summed E-state index contributed by atoms with van der Waals surface area (Å²) in [6, 6.07) is 7.32. The molecule has 0 radical (unpaired) electrons. The summed E-state index contributed by atoms with van der Waals surface area (Å²) in [5.41, 5.74) is 1.97. The van der Waals surface area contributed by atoms with Crippen molar-refractivity contribution < 1.29 is 9.47 Å². The summed E-state index contributed by atoms with van der Waals surface area (Å²) in [4.78, 5) is 0. The predicted octanol–water partition coefficient (Wildman–Crippen LogP) is 8.09. The molecule has 8 heteroatoms. The van der Waals surface area contributed by atoms with Crippen molar-refractivity contribution in [2.45, 2.75) is 19.3 Å². The minimum atomic E-state index is -0.444. The van der Waals surface area contributed by atoms with E-state index in [0.717, 1.165) is 11.1 Å². The average molecular weight is 552 g/mol. The zero-order valence-electron chi connectivity index (χ0n) is 13.3. The lowest BCUT2D eigenvalue weighted by Gasteiger charge is -2.28. The predicted molar refractivity (Wildman–Crippen MR) is 114 cm³/mol. The van der Waals surface area contributed by atoms with Gasteiger partial charge in [0, 0.05) is 5.41 Å². The fraction of sp³-hybridized carbons (Fsp3) is 0.294. The van der Waals surface area contributed by atoms with Crippen LogP contribution in [0.15, 0.2) is 24.3 Å². The van der Waals surface area contributed by atoms with Crippen LogP contribution in [0, 0.1) is 0 Å². The minimum absolute atomic E-state index is 0.301. The maximum atomic E-state index is 6.33. The molecule has 0 saturated heterocycles. The Labute approximate surface area is 183 Å². The van der Waals surface area contributed by atoms with Gasteiger partial charge in [-0.3, -0.25) is 0 Å². The van der Waals surface area contributed by atoms with Gasteiger partial charge in [-0.1, -0.05) is 60.3 Å². The van der Waals surface area contributed by atoms with Crippen molar-refractivity contribution in [3.05, 3.63) is 55.5 Å². The van der Waals surface area contributed by atoms with E-state index in [4.69, 9.17) is 55.9 Å². The summed E-state index contributed by atoms with van der Waals surface area (Å²) >= 11 is 31.7. The van der Waals surface area contributed by atoms with E-state index in [1.54, 1.807) is 0 Å². The average Bonchev–Trinajstić information content (AvgIpc) is 2.53. The molecule has 0 spiro atoms. The van der Waals surface area contributed by atoms with Crippen molar-refractivity contribution >= 4 is 78.3 Å². The first kappa shape index (κ1) is 21.5. The lowest BCUT2D eigenvalue weighted by Crippen LogP contribution is -2.19. The van der Waals surface area contributed by atoms with Crippen LogP contribution in [0.3, 0.4) is 0 Å². The van der Waals surface area contributed by atoms with Crippen molar-refractivity contribution in [2.75, 3.05) is 11.0 Å². The zero-order valence-corrected chi connectivity index (χ0v) is 19.5. The van der Waals surface area contributed by atoms with Crippen LogP contribution in [0.1, 0.15) is 25.0 Å². The van der Waals surface area contributed by atoms with E-state index in [2.05, 4.69) is 31.9 Å². The first-order chi connectivity index (χ1) is 11.7. The molecule has 2 aromatic carbocycles. The van der Waals surface area contributed by atoms with E-state index in [9.17, 15) is 0 Å². The molecule has 0 amide bonds. The van der Waals surface area contributed by atoms with Gasteiger partial charge in [-0.25, -0.2) is 0 Å². The summed E-state index contributed by atoms with van der Waals surface area (Å²) in [6.07, 6.45) is 0. The second-order valence-electron chi connectivity index (χ2n) is 5.67. The highest BCUT2D eigenvalue weighted by Crippen LogP contribution is 2.43. The lowest BCUT2D eigenvalue weighted by atomic mass is 9.78. The number of alkyl halides is 2.